The van der Waals surface area contributed by atoms with Gasteiger partial charge in [-0.1, -0.05) is 27.7 Å². The van der Waals surface area contributed by atoms with Crippen LogP contribution in [0.25, 0.3) is 0 Å². The summed E-state index contributed by atoms with van der Waals surface area (Å²) in [6.45, 7) is 8.21. The van der Waals surface area contributed by atoms with Crippen molar-refractivity contribution in [2.75, 3.05) is 0 Å². The highest BCUT2D eigenvalue weighted by Crippen LogP contribution is 2.47. The van der Waals surface area contributed by atoms with Crippen LogP contribution in [0.4, 0.5) is 0 Å². The summed E-state index contributed by atoms with van der Waals surface area (Å²) < 4.78 is 0. The Bertz CT molecular complexity index is 247. The minimum Gasteiger partial charge on any atom is -0.479 e. The lowest BCUT2D eigenvalue weighted by Crippen LogP contribution is -2.46. The fraction of sp³-hybridized carbons (Fsp3) is 0.917. The van der Waals surface area contributed by atoms with Gasteiger partial charge in [0.15, 0.2) is 5.60 Å². The predicted molar refractivity (Wildman–Crippen MR) is 58.5 cm³/mol. The number of hydrogen-bond acceptors (Lipinski definition) is 2. The topological polar surface area (TPSA) is 57.5 Å². The zero-order chi connectivity index (χ0) is 11.8. The van der Waals surface area contributed by atoms with Crippen LogP contribution in [0, 0.1) is 23.7 Å². The third kappa shape index (κ3) is 2.03. The van der Waals surface area contributed by atoms with Crippen molar-refractivity contribution in [1.82, 2.24) is 0 Å². The number of aliphatic carboxylic acids is 1. The average Bonchev–Trinajstić information content (AvgIpc) is 2.44. The summed E-state index contributed by atoms with van der Waals surface area (Å²) >= 11 is 0. The number of rotatable bonds is 3. The van der Waals surface area contributed by atoms with Crippen LogP contribution >= 0.6 is 0 Å². The molecule has 1 fully saturated rings. The number of hydrogen-bond donors (Lipinski definition) is 2. The first-order valence-electron chi connectivity index (χ1n) is 5.76. The number of carboxylic acids is 1. The van der Waals surface area contributed by atoms with Gasteiger partial charge < -0.3 is 10.2 Å². The van der Waals surface area contributed by atoms with E-state index in [9.17, 15) is 9.90 Å². The summed E-state index contributed by atoms with van der Waals surface area (Å²) in [6, 6.07) is 0. The summed E-state index contributed by atoms with van der Waals surface area (Å²) in [5, 5.41) is 19.4. The lowest BCUT2D eigenvalue weighted by Gasteiger charge is -2.34. The molecular weight excluding hydrogens is 192 g/mol. The van der Waals surface area contributed by atoms with Crippen LogP contribution < -0.4 is 0 Å². The second kappa shape index (κ2) is 4.12. The van der Waals surface area contributed by atoms with Crippen molar-refractivity contribution >= 4 is 5.97 Å². The van der Waals surface area contributed by atoms with Gasteiger partial charge in [-0.15, -0.1) is 0 Å². The van der Waals surface area contributed by atoms with Gasteiger partial charge in [0, 0.05) is 5.92 Å². The minimum absolute atomic E-state index is 0.116. The molecular formula is C12H22O3. The van der Waals surface area contributed by atoms with E-state index in [1.807, 2.05) is 13.8 Å². The van der Waals surface area contributed by atoms with Crippen LogP contribution in [-0.4, -0.2) is 21.8 Å². The highest BCUT2D eigenvalue weighted by molar-refractivity contribution is 5.78. The molecule has 1 aliphatic carbocycles. The van der Waals surface area contributed by atoms with E-state index in [0.29, 0.717) is 18.3 Å². The van der Waals surface area contributed by atoms with Gasteiger partial charge in [0.2, 0.25) is 0 Å². The molecule has 3 atom stereocenters. The highest BCUT2D eigenvalue weighted by atomic mass is 16.4. The molecule has 0 aliphatic heterocycles. The Hall–Kier alpha value is -0.570. The van der Waals surface area contributed by atoms with Crippen molar-refractivity contribution in [2.24, 2.45) is 23.7 Å². The third-order valence-electron chi connectivity index (χ3n) is 3.82. The van der Waals surface area contributed by atoms with Crippen LogP contribution in [0.15, 0.2) is 0 Å². The van der Waals surface area contributed by atoms with Gasteiger partial charge >= 0.3 is 5.97 Å². The van der Waals surface area contributed by atoms with Crippen LogP contribution in [0.1, 0.15) is 40.5 Å². The molecule has 0 aromatic heterocycles. The normalized spacial score (nSPS) is 36.5. The fourth-order valence-electron chi connectivity index (χ4n) is 3.13. The Morgan fingerprint density at radius 3 is 2.13 bits per heavy atom. The van der Waals surface area contributed by atoms with E-state index in [1.165, 1.54) is 0 Å². The molecule has 0 heterocycles. The van der Waals surface area contributed by atoms with Crippen molar-refractivity contribution in [3.63, 3.8) is 0 Å². The van der Waals surface area contributed by atoms with Gasteiger partial charge in [-0.05, 0) is 30.6 Å². The van der Waals surface area contributed by atoms with Crippen molar-refractivity contribution in [3.8, 4) is 0 Å². The lowest BCUT2D eigenvalue weighted by atomic mass is 9.74. The third-order valence-corrected chi connectivity index (χ3v) is 3.82. The van der Waals surface area contributed by atoms with Crippen molar-refractivity contribution in [1.29, 1.82) is 0 Å². The van der Waals surface area contributed by atoms with E-state index in [1.54, 1.807) is 0 Å². The Morgan fingerprint density at radius 2 is 1.80 bits per heavy atom. The van der Waals surface area contributed by atoms with E-state index >= 15 is 0 Å². The summed E-state index contributed by atoms with van der Waals surface area (Å²) in [5.41, 5.74) is -1.50. The monoisotopic (exact) mass is 214 g/mol. The maximum Gasteiger partial charge on any atom is 0.335 e. The molecule has 1 saturated carbocycles. The molecule has 3 heteroatoms. The standard InChI is InChI=1S/C12H22O3/c1-7(2)9-5-6-12(15,11(13)14)10(9)8(3)4/h7-10,15H,5-6H2,1-4H3,(H,13,14)/t9?,10?,12-/m1/s1. The highest BCUT2D eigenvalue weighted by Gasteiger charge is 2.54. The molecule has 0 aromatic carbocycles. The smallest absolute Gasteiger partial charge is 0.335 e. The average molecular weight is 214 g/mol. The molecule has 2 N–H and O–H groups in total. The van der Waals surface area contributed by atoms with E-state index < -0.39 is 11.6 Å². The van der Waals surface area contributed by atoms with Crippen molar-refractivity contribution in [3.05, 3.63) is 0 Å². The maximum absolute atomic E-state index is 11.2. The molecule has 0 bridgehead atoms. The number of carboxylic acid groups (broad SMARTS) is 1. The van der Waals surface area contributed by atoms with Crippen LogP contribution in [0.3, 0.4) is 0 Å². The summed E-state index contributed by atoms with van der Waals surface area (Å²) in [7, 11) is 0. The lowest BCUT2D eigenvalue weighted by molar-refractivity contribution is -0.165. The van der Waals surface area contributed by atoms with Gasteiger partial charge in [0.05, 0.1) is 0 Å². The van der Waals surface area contributed by atoms with Gasteiger partial charge in [0.1, 0.15) is 0 Å². The van der Waals surface area contributed by atoms with Gasteiger partial charge in [-0.2, -0.15) is 0 Å². The summed E-state index contributed by atoms with van der Waals surface area (Å²) in [6.07, 6.45) is 1.22. The van der Waals surface area contributed by atoms with Crippen LogP contribution in [0.2, 0.25) is 0 Å². The largest absolute Gasteiger partial charge is 0.479 e. The molecule has 0 saturated heterocycles. The molecule has 88 valence electrons. The first-order valence-corrected chi connectivity index (χ1v) is 5.76. The molecule has 1 rings (SSSR count). The Kier molecular flexibility index (Phi) is 3.44. The number of carbonyl (C=O) groups is 1. The predicted octanol–water partition coefficient (Wildman–Crippen LogP) is 2.14. The van der Waals surface area contributed by atoms with Crippen LogP contribution in [0.5, 0.6) is 0 Å². The first kappa shape index (κ1) is 12.5. The summed E-state index contributed by atoms with van der Waals surface area (Å²) in [5.74, 6) is -0.197. The fourth-order valence-corrected chi connectivity index (χ4v) is 3.13. The quantitative estimate of drug-likeness (QED) is 0.756. The number of aliphatic hydroxyl groups is 1. The van der Waals surface area contributed by atoms with Gasteiger partial charge in [-0.3, -0.25) is 0 Å². The second-order valence-corrected chi connectivity index (χ2v) is 5.45. The zero-order valence-corrected chi connectivity index (χ0v) is 10.0. The second-order valence-electron chi connectivity index (χ2n) is 5.45. The van der Waals surface area contributed by atoms with E-state index in [-0.39, 0.29) is 11.8 Å². The van der Waals surface area contributed by atoms with E-state index in [2.05, 4.69) is 13.8 Å². The zero-order valence-electron chi connectivity index (χ0n) is 10.0. The van der Waals surface area contributed by atoms with E-state index in [4.69, 9.17) is 5.11 Å². The van der Waals surface area contributed by atoms with Crippen molar-refractivity contribution < 1.29 is 15.0 Å². The molecule has 2 unspecified atom stereocenters. The Morgan fingerprint density at radius 1 is 1.27 bits per heavy atom. The van der Waals surface area contributed by atoms with E-state index in [0.717, 1.165) is 6.42 Å². The first-order chi connectivity index (χ1) is 6.80. The molecule has 0 radical (unpaired) electrons. The molecule has 1 aliphatic rings. The SMILES string of the molecule is CC(C)C1CC[C@](O)(C(=O)O)C1C(C)C. The van der Waals surface area contributed by atoms with Crippen LogP contribution in [-0.2, 0) is 4.79 Å². The maximum atomic E-state index is 11.2. The molecule has 0 aromatic rings. The Labute approximate surface area is 91.5 Å². The van der Waals surface area contributed by atoms with Gasteiger partial charge in [0.25, 0.3) is 0 Å². The molecule has 3 nitrogen and oxygen atoms in total. The molecule has 15 heavy (non-hydrogen) atoms. The molecule has 0 amide bonds. The Balaban J connectivity index is 2.99. The minimum atomic E-state index is -1.50. The summed E-state index contributed by atoms with van der Waals surface area (Å²) in [4.78, 5) is 11.2. The van der Waals surface area contributed by atoms with Crippen molar-refractivity contribution in [2.45, 2.75) is 46.1 Å². The van der Waals surface area contributed by atoms with Gasteiger partial charge in [-0.25, -0.2) is 4.79 Å². The molecule has 0 spiro atoms.